The zero-order chi connectivity index (χ0) is 25.5. The van der Waals surface area contributed by atoms with Crippen LogP contribution < -0.4 is 5.73 Å². The van der Waals surface area contributed by atoms with E-state index in [-0.39, 0.29) is 23.6 Å². The largest absolute Gasteiger partial charge is 0.472 e. The summed E-state index contributed by atoms with van der Waals surface area (Å²) in [6.45, 7) is -1.70. The predicted molar refractivity (Wildman–Crippen MR) is 110 cm³/mol. The van der Waals surface area contributed by atoms with Crippen LogP contribution in [0.2, 0.25) is 0 Å². The van der Waals surface area contributed by atoms with Gasteiger partial charge in [-0.2, -0.15) is 0 Å². The molecule has 2 saturated heterocycles. The molecule has 35 heavy (non-hydrogen) atoms. The molecule has 2 aliphatic heterocycles. The van der Waals surface area contributed by atoms with E-state index in [0.29, 0.717) is 0 Å². The number of nitrogens with zero attached hydrogens (tertiary/aromatic N) is 4. The van der Waals surface area contributed by atoms with Gasteiger partial charge in [0.25, 0.3) is 0 Å². The summed E-state index contributed by atoms with van der Waals surface area (Å²) < 4.78 is 49.9. The Morgan fingerprint density at radius 1 is 1.06 bits per heavy atom. The fraction of sp³-hybridized carbons (Fsp3) is 0.667. The van der Waals surface area contributed by atoms with Gasteiger partial charge in [0.05, 0.1) is 26.1 Å². The Morgan fingerprint density at radius 2 is 1.77 bits per heavy atom. The molecule has 2 aromatic rings. The first-order chi connectivity index (χ1) is 16.4. The van der Waals surface area contributed by atoms with Crippen LogP contribution in [0.4, 0.5) is 5.82 Å². The molecule has 4 rings (SSSR count). The zero-order valence-corrected chi connectivity index (χ0v) is 19.4. The Labute approximate surface area is 196 Å². The highest BCUT2D eigenvalue weighted by molar-refractivity contribution is 7.47. The highest BCUT2D eigenvalue weighted by Crippen LogP contribution is 2.49. The topological polar surface area (TPSA) is 271 Å². The molecule has 2 aliphatic rings. The van der Waals surface area contributed by atoms with Crippen LogP contribution >= 0.6 is 15.6 Å². The van der Waals surface area contributed by atoms with Gasteiger partial charge in [0.2, 0.25) is 0 Å². The fourth-order valence-electron chi connectivity index (χ4n) is 3.61. The van der Waals surface area contributed by atoms with Gasteiger partial charge >= 0.3 is 15.6 Å². The molecule has 196 valence electrons. The third-order valence-electron chi connectivity index (χ3n) is 5.29. The van der Waals surface area contributed by atoms with E-state index in [1.54, 1.807) is 0 Å². The Morgan fingerprint density at radius 3 is 2.43 bits per heavy atom. The van der Waals surface area contributed by atoms with Gasteiger partial charge in [0.1, 0.15) is 48.5 Å². The SMILES string of the molecule is Nc1ncnc2c1ncn2[C@@H]1O[C@H](COP(=O)(O)O)[C@@H](OP(=O)(O)OC[C@H]2OC[C@H](O)[C@@H]2O)[C@H]1O. The Hall–Kier alpha value is -1.63. The van der Waals surface area contributed by atoms with Crippen molar-refractivity contribution in [2.75, 3.05) is 25.6 Å². The minimum absolute atomic E-state index is 0.0325. The van der Waals surface area contributed by atoms with E-state index in [2.05, 4.69) is 19.5 Å². The monoisotopic (exact) mass is 543 g/mol. The third-order valence-corrected chi connectivity index (χ3v) is 6.76. The van der Waals surface area contributed by atoms with Crippen LogP contribution in [-0.2, 0) is 32.2 Å². The van der Waals surface area contributed by atoms with E-state index < -0.39 is 71.7 Å². The van der Waals surface area contributed by atoms with Crippen molar-refractivity contribution in [3.8, 4) is 0 Å². The van der Waals surface area contributed by atoms with Crippen molar-refractivity contribution in [1.82, 2.24) is 19.5 Å². The van der Waals surface area contributed by atoms with E-state index in [9.17, 15) is 29.3 Å². The second-order valence-corrected chi connectivity index (χ2v) is 10.3. The number of imidazole rings is 1. The summed E-state index contributed by atoms with van der Waals surface area (Å²) in [6, 6.07) is 0. The quantitative estimate of drug-likeness (QED) is 0.160. The van der Waals surface area contributed by atoms with E-state index >= 15 is 0 Å². The summed E-state index contributed by atoms with van der Waals surface area (Å²) in [7, 11) is -9.96. The van der Waals surface area contributed by atoms with Crippen LogP contribution in [0.15, 0.2) is 12.7 Å². The van der Waals surface area contributed by atoms with Crippen molar-refractivity contribution in [2.45, 2.75) is 42.9 Å². The molecular formula is C15H23N5O13P2. The lowest BCUT2D eigenvalue weighted by Crippen LogP contribution is -2.36. The van der Waals surface area contributed by atoms with E-state index in [1.807, 2.05) is 0 Å². The summed E-state index contributed by atoms with van der Waals surface area (Å²) in [6.07, 6.45) is -7.61. The summed E-state index contributed by atoms with van der Waals surface area (Å²) in [4.78, 5) is 40.1. The first kappa shape index (κ1) is 26.4. The molecule has 0 aliphatic carbocycles. The average Bonchev–Trinajstić information content (AvgIpc) is 3.43. The number of fused-ring (bicyclic) bond motifs is 1. The number of aromatic nitrogens is 4. The van der Waals surface area contributed by atoms with Gasteiger partial charge in [-0.1, -0.05) is 0 Å². The van der Waals surface area contributed by atoms with Crippen LogP contribution in [0.3, 0.4) is 0 Å². The lowest BCUT2D eigenvalue weighted by Gasteiger charge is -2.24. The molecule has 8 atom stereocenters. The number of ether oxygens (including phenoxy) is 2. The molecule has 20 heteroatoms. The van der Waals surface area contributed by atoms with Gasteiger partial charge in [0, 0.05) is 0 Å². The third kappa shape index (κ3) is 5.86. The van der Waals surface area contributed by atoms with Crippen molar-refractivity contribution >= 4 is 32.6 Å². The molecule has 2 fully saturated rings. The molecule has 4 heterocycles. The van der Waals surface area contributed by atoms with Crippen molar-refractivity contribution < 1.29 is 62.2 Å². The van der Waals surface area contributed by atoms with Crippen molar-refractivity contribution in [3.05, 3.63) is 12.7 Å². The number of phosphoric ester groups is 2. The van der Waals surface area contributed by atoms with Gasteiger partial charge in [-0.3, -0.25) is 18.1 Å². The molecule has 0 saturated carbocycles. The Bertz CT molecular complexity index is 1150. The molecule has 0 spiro atoms. The van der Waals surface area contributed by atoms with E-state index in [4.69, 9.17) is 34.0 Å². The van der Waals surface area contributed by atoms with Crippen LogP contribution in [0, 0.1) is 0 Å². The maximum absolute atomic E-state index is 12.6. The number of nitrogen functional groups attached to an aromatic ring is 1. The molecule has 0 aromatic carbocycles. The molecule has 0 radical (unpaired) electrons. The number of hydrogen-bond donors (Lipinski definition) is 7. The lowest BCUT2D eigenvalue weighted by atomic mass is 10.1. The second-order valence-electron chi connectivity index (χ2n) is 7.69. The zero-order valence-electron chi connectivity index (χ0n) is 17.6. The van der Waals surface area contributed by atoms with Gasteiger partial charge < -0.3 is 45.2 Å². The Balaban J connectivity index is 1.53. The van der Waals surface area contributed by atoms with Gasteiger partial charge in [-0.25, -0.2) is 24.1 Å². The van der Waals surface area contributed by atoms with Crippen molar-refractivity contribution in [1.29, 1.82) is 0 Å². The van der Waals surface area contributed by atoms with Gasteiger partial charge in [-0.15, -0.1) is 0 Å². The molecule has 0 amide bonds. The first-order valence-corrected chi connectivity index (χ1v) is 13.0. The minimum Gasteiger partial charge on any atom is -0.388 e. The highest BCUT2D eigenvalue weighted by Gasteiger charge is 2.50. The number of aliphatic hydroxyl groups is 3. The summed E-state index contributed by atoms with van der Waals surface area (Å²) >= 11 is 0. The number of nitrogens with two attached hydrogens (primary N) is 1. The molecule has 1 unspecified atom stereocenters. The van der Waals surface area contributed by atoms with E-state index in [0.717, 1.165) is 6.33 Å². The summed E-state index contributed by atoms with van der Waals surface area (Å²) in [5, 5.41) is 30.1. The fourth-order valence-corrected chi connectivity index (χ4v) is 4.91. The summed E-state index contributed by atoms with van der Waals surface area (Å²) in [5.74, 6) is 0.0325. The lowest BCUT2D eigenvalue weighted by molar-refractivity contribution is -0.0511. The van der Waals surface area contributed by atoms with E-state index in [1.165, 1.54) is 10.9 Å². The highest BCUT2D eigenvalue weighted by atomic mass is 31.2. The molecular weight excluding hydrogens is 520 g/mol. The number of hydrogen-bond acceptors (Lipinski definition) is 14. The van der Waals surface area contributed by atoms with Crippen molar-refractivity contribution in [2.24, 2.45) is 0 Å². The van der Waals surface area contributed by atoms with Crippen LogP contribution in [0.25, 0.3) is 11.2 Å². The number of rotatable bonds is 9. The van der Waals surface area contributed by atoms with Gasteiger partial charge in [0.15, 0.2) is 17.7 Å². The average molecular weight is 543 g/mol. The number of aliphatic hydroxyl groups excluding tert-OH is 3. The number of anilines is 1. The molecule has 2 aromatic heterocycles. The normalized spacial score (nSPS) is 33.4. The van der Waals surface area contributed by atoms with Crippen molar-refractivity contribution in [3.63, 3.8) is 0 Å². The predicted octanol–water partition coefficient (Wildman–Crippen LogP) is -2.60. The minimum atomic E-state index is -4.99. The maximum Gasteiger partial charge on any atom is 0.472 e. The second kappa shape index (κ2) is 10.0. The molecule has 0 bridgehead atoms. The van der Waals surface area contributed by atoms with Crippen LogP contribution in [0.1, 0.15) is 6.23 Å². The van der Waals surface area contributed by atoms with Crippen LogP contribution in [-0.4, -0.2) is 106 Å². The maximum atomic E-state index is 12.6. The first-order valence-electron chi connectivity index (χ1n) is 9.96. The smallest absolute Gasteiger partial charge is 0.388 e. The standard InChI is InChI=1S/C15H23N5O13P2/c16-13-9-14(18-4-17-13)20(5-19-9)15-11(23)12(8(32-15)3-30-34(24,25)26)33-35(27,28)31-2-7-10(22)6(21)1-29-7/h4-8,10-12,15,21-23H,1-3H2,(H,27,28)(H2,16,17,18)(H2,24,25,26)/t6-,7+,8+,10-,11+,12+,15+/m0/s1. The summed E-state index contributed by atoms with van der Waals surface area (Å²) in [5.41, 5.74) is 6.05. The molecule has 18 nitrogen and oxygen atoms in total. The number of phosphoric acid groups is 2. The van der Waals surface area contributed by atoms with Gasteiger partial charge in [-0.05, 0) is 0 Å². The van der Waals surface area contributed by atoms with Crippen LogP contribution in [0.5, 0.6) is 0 Å². The Kier molecular flexibility index (Phi) is 7.57. The molecule has 8 N–H and O–H groups in total.